The average molecular weight is 539 g/mol. The molecule has 39 heavy (non-hydrogen) atoms. The predicted molar refractivity (Wildman–Crippen MR) is 148 cm³/mol. The maximum absolute atomic E-state index is 14.1. The summed E-state index contributed by atoms with van der Waals surface area (Å²) in [5, 5.41) is 6.21. The van der Waals surface area contributed by atoms with Gasteiger partial charge in [0.2, 0.25) is 17.7 Å². The van der Waals surface area contributed by atoms with Gasteiger partial charge in [0, 0.05) is 24.8 Å². The summed E-state index contributed by atoms with van der Waals surface area (Å²) in [4.78, 5) is 45.4. The van der Waals surface area contributed by atoms with Gasteiger partial charge >= 0.3 is 0 Å². The summed E-state index contributed by atoms with van der Waals surface area (Å²) in [6.45, 7) is 4.14. The maximum Gasteiger partial charge on any atom is 0.246 e. The summed E-state index contributed by atoms with van der Waals surface area (Å²) in [5.74, 6) is -1.38. The van der Waals surface area contributed by atoms with E-state index in [0.717, 1.165) is 45.1 Å². The first-order valence-electron chi connectivity index (χ1n) is 14.5. The SMILES string of the molecule is CCCCN(C)CCN1C(=O)[C@@H]2[C@@H](C(=O)Nc3ccc(OC)cc3)[C@@H]3C=C[C@@]2(O3)[C@@H]1C(=O)NC1CCCCC1. The number of ether oxygens (including phenoxy) is 2. The van der Waals surface area contributed by atoms with E-state index in [1.54, 1.807) is 36.3 Å². The van der Waals surface area contributed by atoms with Crippen molar-refractivity contribution in [1.82, 2.24) is 15.1 Å². The Labute approximate surface area is 231 Å². The second kappa shape index (κ2) is 11.7. The Kier molecular flexibility index (Phi) is 8.28. The van der Waals surface area contributed by atoms with Gasteiger partial charge in [-0.1, -0.05) is 44.8 Å². The van der Waals surface area contributed by atoms with E-state index < -0.39 is 29.6 Å². The smallest absolute Gasteiger partial charge is 0.246 e. The summed E-state index contributed by atoms with van der Waals surface area (Å²) in [7, 11) is 3.63. The number of methoxy groups -OCH3 is 1. The van der Waals surface area contributed by atoms with Crippen LogP contribution in [0, 0.1) is 11.8 Å². The number of unbranched alkanes of at least 4 members (excludes halogenated alkanes) is 1. The van der Waals surface area contributed by atoms with E-state index in [0.29, 0.717) is 24.5 Å². The normalized spacial score (nSPS) is 29.6. The highest BCUT2D eigenvalue weighted by Gasteiger charge is 2.72. The van der Waals surface area contributed by atoms with Crippen LogP contribution in [0.1, 0.15) is 51.9 Å². The molecule has 5 rings (SSSR count). The van der Waals surface area contributed by atoms with Crippen molar-refractivity contribution in [2.24, 2.45) is 11.8 Å². The number of likely N-dealkylation sites (N-methyl/N-ethyl adjacent to an activating group) is 1. The monoisotopic (exact) mass is 538 g/mol. The van der Waals surface area contributed by atoms with E-state index in [2.05, 4.69) is 22.5 Å². The van der Waals surface area contributed by atoms with Crippen LogP contribution in [0.3, 0.4) is 0 Å². The second-order valence-corrected chi connectivity index (χ2v) is 11.5. The number of anilines is 1. The minimum absolute atomic E-state index is 0.114. The first-order chi connectivity index (χ1) is 18.9. The van der Waals surface area contributed by atoms with Gasteiger partial charge in [-0.15, -0.1) is 0 Å². The van der Waals surface area contributed by atoms with E-state index in [4.69, 9.17) is 9.47 Å². The largest absolute Gasteiger partial charge is 0.497 e. The van der Waals surface area contributed by atoms with Crippen molar-refractivity contribution in [3.63, 3.8) is 0 Å². The lowest BCUT2D eigenvalue weighted by molar-refractivity contribution is -0.141. The summed E-state index contributed by atoms with van der Waals surface area (Å²) in [6.07, 6.45) is 10.7. The fourth-order valence-corrected chi connectivity index (χ4v) is 6.75. The van der Waals surface area contributed by atoms with Crippen molar-refractivity contribution in [3.05, 3.63) is 36.4 Å². The number of nitrogens with zero attached hydrogens (tertiary/aromatic N) is 2. The lowest BCUT2D eigenvalue weighted by Crippen LogP contribution is -2.57. The number of hydrogen-bond donors (Lipinski definition) is 2. The van der Waals surface area contributed by atoms with Gasteiger partial charge in [0.25, 0.3) is 0 Å². The number of rotatable bonds is 11. The van der Waals surface area contributed by atoms with Gasteiger partial charge in [-0.25, -0.2) is 0 Å². The molecule has 5 atom stereocenters. The molecule has 0 radical (unpaired) electrons. The molecular formula is C30H42N4O5. The number of fused-ring (bicyclic) bond motifs is 1. The molecule has 212 valence electrons. The minimum atomic E-state index is -1.13. The van der Waals surface area contributed by atoms with Crippen molar-refractivity contribution in [3.8, 4) is 5.75 Å². The van der Waals surface area contributed by atoms with Crippen LogP contribution in [0.15, 0.2) is 36.4 Å². The molecule has 0 unspecified atom stereocenters. The van der Waals surface area contributed by atoms with Gasteiger partial charge in [0.1, 0.15) is 17.4 Å². The third-order valence-electron chi connectivity index (χ3n) is 8.85. The molecule has 1 aromatic carbocycles. The fraction of sp³-hybridized carbons (Fsp3) is 0.633. The Balaban J connectivity index is 1.39. The van der Waals surface area contributed by atoms with Crippen LogP contribution in [0.5, 0.6) is 5.75 Å². The number of carbonyl (C=O) groups excluding carboxylic acids is 3. The minimum Gasteiger partial charge on any atom is -0.497 e. The third kappa shape index (κ3) is 5.31. The van der Waals surface area contributed by atoms with E-state index in [1.807, 2.05) is 19.2 Å². The van der Waals surface area contributed by atoms with Crippen LogP contribution in [-0.2, 0) is 19.1 Å². The highest BCUT2D eigenvalue weighted by atomic mass is 16.5. The highest BCUT2D eigenvalue weighted by molar-refractivity contribution is 6.02. The summed E-state index contributed by atoms with van der Waals surface area (Å²) < 4.78 is 11.7. The van der Waals surface area contributed by atoms with Crippen molar-refractivity contribution in [1.29, 1.82) is 0 Å². The van der Waals surface area contributed by atoms with Crippen molar-refractivity contribution in [2.45, 2.75) is 75.7 Å². The van der Waals surface area contributed by atoms with E-state index in [9.17, 15) is 14.4 Å². The van der Waals surface area contributed by atoms with Gasteiger partial charge in [-0.2, -0.15) is 0 Å². The summed E-state index contributed by atoms with van der Waals surface area (Å²) >= 11 is 0. The molecular weight excluding hydrogens is 496 g/mol. The fourth-order valence-electron chi connectivity index (χ4n) is 6.75. The Hall–Kier alpha value is -2.91. The van der Waals surface area contributed by atoms with Gasteiger partial charge in [-0.05, 0) is 57.1 Å². The van der Waals surface area contributed by atoms with Gasteiger partial charge in [0.05, 0.1) is 25.0 Å². The topological polar surface area (TPSA) is 100 Å². The number of benzene rings is 1. The van der Waals surface area contributed by atoms with Crippen LogP contribution in [0.2, 0.25) is 0 Å². The van der Waals surface area contributed by atoms with Crippen LogP contribution >= 0.6 is 0 Å². The van der Waals surface area contributed by atoms with Crippen LogP contribution in [-0.4, -0.2) is 85.1 Å². The number of carbonyl (C=O) groups is 3. The third-order valence-corrected chi connectivity index (χ3v) is 8.85. The molecule has 2 bridgehead atoms. The van der Waals surface area contributed by atoms with Gasteiger partial charge in [0.15, 0.2) is 0 Å². The molecule has 9 heteroatoms. The molecule has 1 aromatic rings. The zero-order valence-corrected chi connectivity index (χ0v) is 23.4. The van der Waals surface area contributed by atoms with Crippen molar-refractivity contribution >= 4 is 23.4 Å². The van der Waals surface area contributed by atoms with Gasteiger partial charge in [-0.3, -0.25) is 14.4 Å². The molecule has 3 aliphatic heterocycles. The van der Waals surface area contributed by atoms with Crippen LogP contribution < -0.4 is 15.4 Å². The zero-order valence-electron chi connectivity index (χ0n) is 23.4. The molecule has 2 saturated heterocycles. The predicted octanol–water partition coefficient (Wildman–Crippen LogP) is 2.97. The molecule has 1 aliphatic carbocycles. The number of likely N-dealkylation sites (tertiary alicyclic amines) is 1. The number of nitrogens with one attached hydrogen (secondary N) is 2. The van der Waals surface area contributed by atoms with E-state index >= 15 is 0 Å². The van der Waals surface area contributed by atoms with Crippen molar-refractivity contribution < 1.29 is 23.9 Å². The molecule has 0 aromatic heterocycles. The summed E-state index contributed by atoms with van der Waals surface area (Å²) in [5.41, 5.74) is -0.516. The first-order valence-corrected chi connectivity index (χ1v) is 14.5. The number of hydrogen-bond acceptors (Lipinski definition) is 6. The highest BCUT2D eigenvalue weighted by Crippen LogP contribution is 2.55. The first kappa shape index (κ1) is 27.6. The molecule has 1 saturated carbocycles. The Morgan fingerprint density at radius 3 is 2.56 bits per heavy atom. The van der Waals surface area contributed by atoms with Gasteiger partial charge < -0.3 is 29.9 Å². The van der Waals surface area contributed by atoms with E-state index in [1.165, 1.54) is 6.42 Å². The molecule has 2 N–H and O–H groups in total. The Bertz CT molecular complexity index is 1090. The Morgan fingerprint density at radius 2 is 1.87 bits per heavy atom. The zero-order chi connectivity index (χ0) is 27.6. The lowest BCUT2D eigenvalue weighted by Gasteiger charge is -2.34. The standard InChI is InChI=1S/C30H42N4O5/c1-4-5-17-33(2)18-19-34-26(28(36)32-20-9-7-6-8-10-20)30-16-15-23(39-30)24(25(30)29(34)37)27(35)31-21-11-13-22(38-3)14-12-21/h11-16,20,23-26H,4-10,17-19H2,1-3H3,(H,31,35)(H,32,36)/t23-,24-,25-,26-,30-/m0/s1. The van der Waals surface area contributed by atoms with E-state index in [-0.39, 0.29) is 23.8 Å². The molecule has 3 heterocycles. The Morgan fingerprint density at radius 1 is 1.13 bits per heavy atom. The van der Waals surface area contributed by atoms with Crippen LogP contribution in [0.25, 0.3) is 0 Å². The molecule has 9 nitrogen and oxygen atoms in total. The molecule has 3 amide bonds. The molecule has 3 fully saturated rings. The lowest BCUT2D eigenvalue weighted by atomic mass is 9.74. The summed E-state index contributed by atoms with van der Waals surface area (Å²) in [6, 6.07) is 6.41. The quantitative estimate of drug-likeness (QED) is 0.420. The molecule has 1 spiro atoms. The van der Waals surface area contributed by atoms with Crippen molar-refractivity contribution in [2.75, 3.05) is 39.1 Å². The van der Waals surface area contributed by atoms with Crippen LogP contribution in [0.4, 0.5) is 5.69 Å². The average Bonchev–Trinajstić information content (AvgIpc) is 3.59. The maximum atomic E-state index is 14.1. The molecule has 4 aliphatic rings. The number of amides is 3. The second-order valence-electron chi connectivity index (χ2n) is 11.5.